The van der Waals surface area contributed by atoms with E-state index < -0.39 is 6.04 Å². The number of rotatable bonds is 18. The molecule has 3 amide bonds. The first-order chi connectivity index (χ1) is 26.4. The number of anilines is 1. The van der Waals surface area contributed by atoms with Crippen LogP contribution in [0.3, 0.4) is 0 Å². The highest BCUT2D eigenvalue weighted by atomic mass is 35.5. The Balaban J connectivity index is 1.17. The van der Waals surface area contributed by atoms with Crippen LogP contribution < -0.4 is 27.0 Å². The fraction of sp³-hybridized carbons (Fsp3) is 0.357. The Bertz CT molecular complexity index is 1950. The van der Waals surface area contributed by atoms with Crippen molar-refractivity contribution in [1.29, 1.82) is 0 Å². The van der Waals surface area contributed by atoms with E-state index in [0.29, 0.717) is 54.8 Å². The number of hydrogen-bond donors (Lipinski definition) is 5. The number of aromatic nitrogens is 2. The molecule has 2 heterocycles. The lowest BCUT2D eigenvalue weighted by molar-refractivity contribution is -0.123. The first kappa shape index (κ1) is 39.2. The van der Waals surface area contributed by atoms with Crippen molar-refractivity contribution in [1.82, 2.24) is 30.6 Å². The number of nitrogens with zero attached hydrogens (tertiary/aromatic N) is 3. The quantitative estimate of drug-likeness (QED) is 0.0604. The number of carbonyl (C=O) groups is 2. The van der Waals surface area contributed by atoms with Gasteiger partial charge in [0.05, 0.1) is 23.8 Å². The van der Waals surface area contributed by atoms with E-state index in [2.05, 4.69) is 38.3 Å². The number of urea groups is 1. The Labute approximate surface area is 327 Å². The lowest BCUT2D eigenvalue weighted by atomic mass is 10.0. The number of nitrogens with one attached hydrogen (secondary N) is 4. The summed E-state index contributed by atoms with van der Waals surface area (Å²) < 4.78 is 1.92. The van der Waals surface area contributed by atoms with Crippen LogP contribution in [-0.4, -0.2) is 64.9 Å². The van der Waals surface area contributed by atoms with E-state index in [1.165, 1.54) is 12.8 Å². The molecule has 0 spiro atoms. The van der Waals surface area contributed by atoms with Crippen LogP contribution in [0.4, 0.5) is 10.5 Å². The summed E-state index contributed by atoms with van der Waals surface area (Å²) in [5.74, 6) is -0.0783. The summed E-state index contributed by atoms with van der Waals surface area (Å²) in [5, 5.41) is 20.0. The van der Waals surface area contributed by atoms with E-state index in [-0.39, 0.29) is 18.0 Å². The van der Waals surface area contributed by atoms with Gasteiger partial charge in [0.1, 0.15) is 0 Å². The standard InChI is InChI=1S/C42H50Cl2N8O2/c43-36-16-11-17-37(44)35(36)28-52-40-25-32(19-20-34(40)39(50-52)29-51-22-9-10-23-51)49-42(54)47-27-33(24-30-12-3-1-4-13-30)48-38(18-7-8-21-45)41(53)46-26-31-14-5-2-6-15-31/h1-6,11-17,19-20,25,33,38,48H,7-10,18,21-24,26-29,45H2,(H,46,53)(H2,47,49,54)/t33-,38-/m0/s1. The Kier molecular flexibility index (Phi) is 14.4. The fourth-order valence-corrected chi connectivity index (χ4v) is 7.52. The number of benzene rings is 4. The number of unbranched alkanes of at least 4 members (excludes halogenated alkanes) is 1. The van der Waals surface area contributed by atoms with Crippen LogP contribution in [0.15, 0.2) is 97.1 Å². The molecule has 10 nitrogen and oxygen atoms in total. The van der Waals surface area contributed by atoms with Crippen molar-refractivity contribution in [2.75, 3.05) is 31.5 Å². The number of likely N-dealkylation sites (tertiary alicyclic amines) is 1. The van der Waals surface area contributed by atoms with Gasteiger partial charge in [0.2, 0.25) is 5.91 Å². The topological polar surface area (TPSA) is 129 Å². The average molecular weight is 770 g/mol. The number of nitrogens with two attached hydrogens (primary N) is 1. The van der Waals surface area contributed by atoms with E-state index in [4.69, 9.17) is 34.0 Å². The molecule has 1 fully saturated rings. The predicted molar refractivity (Wildman–Crippen MR) is 219 cm³/mol. The molecule has 1 aromatic heterocycles. The van der Waals surface area contributed by atoms with Gasteiger partial charge in [-0.15, -0.1) is 0 Å². The van der Waals surface area contributed by atoms with E-state index in [1.807, 2.05) is 89.6 Å². The van der Waals surface area contributed by atoms with Gasteiger partial charge >= 0.3 is 6.03 Å². The molecule has 1 saturated heterocycles. The van der Waals surface area contributed by atoms with E-state index >= 15 is 0 Å². The van der Waals surface area contributed by atoms with Crippen LogP contribution in [0.25, 0.3) is 10.9 Å². The molecule has 5 aromatic rings. The molecule has 54 heavy (non-hydrogen) atoms. The van der Waals surface area contributed by atoms with Gasteiger partial charge in [-0.25, -0.2) is 4.79 Å². The highest BCUT2D eigenvalue weighted by Gasteiger charge is 2.23. The maximum Gasteiger partial charge on any atom is 0.319 e. The van der Waals surface area contributed by atoms with Crippen LogP contribution in [0.5, 0.6) is 0 Å². The Hall–Kier alpha value is -4.45. The molecule has 0 saturated carbocycles. The van der Waals surface area contributed by atoms with Gasteiger partial charge in [0.25, 0.3) is 0 Å². The van der Waals surface area contributed by atoms with Crippen molar-refractivity contribution in [2.45, 2.75) is 70.2 Å². The largest absolute Gasteiger partial charge is 0.351 e. The monoisotopic (exact) mass is 768 g/mol. The molecule has 6 rings (SSSR count). The van der Waals surface area contributed by atoms with Gasteiger partial charge in [0, 0.05) is 52.4 Å². The van der Waals surface area contributed by atoms with Crippen molar-refractivity contribution in [2.24, 2.45) is 5.73 Å². The highest BCUT2D eigenvalue weighted by Crippen LogP contribution is 2.29. The molecule has 4 aromatic carbocycles. The van der Waals surface area contributed by atoms with Crippen LogP contribution >= 0.6 is 23.2 Å². The van der Waals surface area contributed by atoms with Crippen molar-refractivity contribution in [3.8, 4) is 0 Å². The van der Waals surface area contributed by atoms with Gasteiger partial charge in [0.15, 0.2) is 0 Å². The number of halogens is 2. The van der Waals surface area contributed by atoms with Gasteiger partial charge in [-0.2, -0.15) is 5.10 Å². The van der Waals surface area contributed by atoms with E-state index in [0.717, 1.165) is 65.8 Å². The van der Waals surface area contributed by atoms with Gasteiger partial charge in [-0.3, -0.25) is 14.4 Å². The number of amides is 3. The summed E-state index contributed by atoms with van der Waals surface area (Å²) in [7, 11) is 0. The summed E-state index contributed by atoms with van der Waals surface area (Å²) >= 11 is 13.2. The third kappa shape index (κ3) is 11.1. The fourth-order valence-electron chi connectivity index (χ4n) is 7.00. The number of fused-ring (bicyclic) bond motifs is 1. The minimum absolute atomic E-state index is 0.0783. The Morgan fingerprint density at radius 2 is 1.52 bits per heavy atom. The molecule has 1 aliphatic rings. The summed E-state index contributed by atoms with van der Waals surface area (Å²) in [6.45, 7) is 4.55. The normalized spacial score (nSPS) is 14.2. The van der Waals surface area contributed by atoms with Crippen LogP contribution in [-0.2, 0) is 30.8 Å². The zero-order valence-electron chi connectivity index (χ0n) is 30.6. The third-order valence-corrected chi connectivity index (χ3v) is 10.6. The lowest BCUT2D eigenvalue weighted by Gasteiger charge is -2.26. The molecule has 6 N–H and O–H groups in total. The third-order valence-electron chi connectivity index (χ3n) is 9.87. The maximum absolute atomic E-state index is 13.5. The maximum atomic E-state index is 13.5. The molecule has 0 unspecified atom stereocenters. The van der Waals surface area contributed by atoms with Crippen LogP contribution in [0.1, 0.15) is 54.5 Å². The average Bonchev–Trinajstić information content (AvgIpc) is 3.82. The molecule has 0 radical (unpaired) electrons. The highest BCUT2D eigenvalue weighted by molar-refractivity contribution is 6.36. The second kappa shape index (κ2) is 19.8. The van der Waals surface area contributed by atoms with Gasteiger partial charge < -0.3 is 27.0 Å². The predicted octanol–water partition coefficient (Wildman–Crippen LogP) is 7.12. The zero-order valence-corrected chi connectivity index (χ0v) is 32.1. The first-order valence-corrected chi connectivity index (χ1v) is 19.6. The second-order valence-electron chi connectivity index (χ2n) is 13.9. The van der Waals surface area contributed by atoms with E-state index in [9.17, 15) is 9.59 Å². The first-order valence-electron chi connectivity index (χ1n) is 18.9. The molecular weight excluding hydrogens is 719 g/mol. The molecule has 284 valence electrons. The van der Waals surface area contributed by atoms with E-state index in [1.54, 1.807) is 0 Å². The number of carbonyl (C=O) groups excluding carboxylic acids is 2. The molecule has 2 atom stereocenters. The number of hydrogen-bond acceptors (Lipinski definition) is 6. The van der Waals surface area contributed by atoms with Crippen LogP contribution in [0, 0.1) is 0 Å². The van der Waals surface area contributed by atoms with Crippen LogP contribution in [0.2, 0.25) is 10.0 Å². The Morgan fingerprint density at radius 3 is 2.22 bits per heavy atom. The second-order valence-corrected chi connectivity index (χ2v) is 14.8. The minimum atomic E-state index is -0.456. The lowest BCUT2D eigenvalue weighted by Crippen LogP contribution is -2.52. The smallest absolute Gasteiger partial charge is 0.319 e. The molecule has 0 bridgehead atoms. The zero-order chi connectivity index (χ0) is 37.7. The van der Waals surface area contributed by atoms with Gasteiger partial charge in [-0.05, 0) is 93.2 Å². The van der Waals surface area contributed by atoms with Crippen molar-refractivity contribution in [3.63, 3.8) is 0 Å². The Morgan fingerprint density at radius 1 is 0.815 bits per heavy atom. The SMILES string of the molecule is NCCCC[C@H](N[C@H](CNC(=O)Nc1ccc2c(CN3CCCC3)nn(Cc3c(Cl)cccc3Cl)c2c1)Cc1ccccc1)C(=O)NCc1ccccc1. The summed E-state index contributed by atoms with van der Waals surface area (Å²) in [6, 6.07) is 30.3. The van der Waals surface area contributed by atoms with Crippen molar-refractivity contribution < 1.29 is 9.59 Å². The van der Waals surface area contributed by atoms with Crippen molar-refractivity contribution >= 4 is 51.7 Å². The summed E-state index contributed by atoms with van der Waals surface area (Å²) in [6.07, 6.45) is 5.26. The molecule has 1 aliphatic heterocycles. The van der Waals surface area contributed by atoms with Gasteiger partial charge in [-0.1, -0.05) is 96.4 Å². The molecule has 12 heteroatoms. The molecule has 0 aliphatic carbocycles. The summed E-state index contributed by atoms with van der Waals surface area (Å²) in [5.41, 5.74) is 11.2. The minimum Gasteiger partial charge on any atom is -0.351 e. The molecular formula is C42H50Cl2N8O2. The summed E-state index contributed by atoms with van der Waals surface area (Å²) in [4.78, 5) is 29.4. The van der Waals surface area contributed by atoms with Crippen molar-refractivity contribution in [3.05, 3.63) is 129 Å².